The third-order valence-corrected chi connectivity index (χ3v) is 3.92. The quantitative estimate of drug-likeness (QED) is 0.642. The first kappa shape index (κ1) is 16.9. The number of amides is 1. The van der Waals surface area contributed by atoms with Gasteiger partial charge in [-0.05, 0) is 43.2 Å². The highest BCUT2D eigenvalue weighted by Gasteiger charge is 2.19. The molecule has 130 valence electrons. The van der Waals surface area contributed by atoms with Crippen LogP contribution in [-0.2, 0) is 4.74 Å². The average molecular weight is 342 g/mol. The van der Waals surface area contributed by atoms with Gasteiger partial charge in [0.2, 0.25) is 0 Å². The van der Waals surface area contributed by atoms with Crippen molar-refractivity contribution in [2.24, 2.45) is 0 Å². The monoisotopic (exact) mass is 342 g/mol. The van der Waals surface area contributed by atoms with Gasteiger partial charge in [0, 0.05) is 18.4 Å². The second-order valence-corrected chi connectivity index (χ2v) is 5.70. The lowest BCUT2D eigenvalue weighted by atomic mass is 10.1. The van der Waals surface area contributed by atoms with E-state index in [0.717, 1.165) is 19.4 Å². The predicted octanol–water partition coefficient (Wildman–Crippen LogP) is 3.40. The van der Waals surface area contributed by atoms with Crippen molar-refractivity contribution in [3.05, 3.63) is 64.2 Å². The summed E-state index contributed by atoms with van der Waals surface area (Å²) in [6.07, 6.45) is 2.20. The highest BCUT2D eigenvalue weighted by Crippen LogP contribution is 2.21. The van der Waals surface area contributed by atoms with Crippen LogP contribution in [-0.4, -0.2) is 30.1 Å². The van der Waals surface area contributed by atoms with E-state index in [1.165, 1.54) is 18.2 Å². The summed E-state index contributed by atoms with van der Waals surface area (Å²) in [6, 6.07) is 12.7. The van der Waals surface area contributed by atoms with Crippen molar-refractivity contribution in [1.29, 1.82) is 0 Å². The third kappa shape index (κ3) is 4.33. The number of hydrogen-bond donors (Lipinski definition) is 1. The molecule has 1 atom stereocenters. The first-order chi connectivity index (χ1) is 12.1. The lowest BCUT2D eigenvalue weighted by Crippen LogP contribution is -2.16. The van der Waals surface area contributed by atoms with E-state index >= 15 is 0 Å². The topological polar surface area (TPSA) is 90.7 Å². The number of hydrogen-bond acceptors (Lipinski definition) is 5. The SMILES string of the molecule is O=C(Nc1ccc(OC[C@@H]2CCCO2)cc1)c1ccccc1[N+](=O)[O-]. The molecule has 1 saturated heterocycles. The Kier molecular flexibility index (Phi) is 5.25. The van der Waals surface area contributed by atoms with Gasteiger partial charge in [-0.25, -0.2) is 0 Å². The van der Waals surface area contributed by atoms with Gasteiger partial charge in [0.1, 0.15) is 17.9 Å². The van der Waals surface area contributed by atoms with Crippen LogP contribution in [0.15, 0.2) is 48.5 Å². The number of carbonyl (C=O) groups is 1. The number of nitrogens with one attached hydrogen (secondary N) is 1. The molecule has 3 rings (SSSR count). The van der Waals surface area contributed by atoms with Crippen LogP contribution in [0, 0.1) is 10.1 Å². The third-order valence-electron chi connectivity index (χ3n) is 3.92. The minimum absolute atomic E-state index is 0.0196. The van der Waals surface area contributed by atoms with Crippen molar-refractivity contribution in [1.82, 2.24) is 0 Å². The van der Waals surface area contributed by atoms with Gasteiger partial charge in [-0.3, -0.25) is 14.9 Å². The van der Waals surface area contributed by atoms with E-state index in [1.807, 2.05) is 0 Å². The molecule has 0 spiro atoms. The number of nitro benzene ring substituents is 1. The van der Waals surface area contributed by atoms with Crippen molar-refractivity contribution >= 4 is 17.3 Å². The fourth-order valence-corrected chi connectivity index (χ4v) is 2.62. The Morgan fingerprint density at radius 3 is 2.68 bits per heavy atom. The molecule has 1 N–H and O–H groups in total. The molecule has 0 aliphatic carbocycles. The van der Waals surface area contributed by atoms with Crippen LogP contribution in [0.1, 0.15) is 23.2 Å². The predicted molar refractivity (Wildman–Crippen MR) is 92.0 cm³/mol. The molecular formula is C18H18N2O5. The van der Waals surface area contributed by atoms with E-state index in [2.05, 4.69) is 5.32 Å². The maximum absolute atomic E-state index is 12.3. The fraction of sp³-hybridized carbons (Fsp3) is 0.278. The Hall–Kier alpha value is -2.93. The van der Waals surface area contributed by atoms with Crippen molar-refractivity contribution in [2.45, 2.75) is 18.9 Å². The Balaban J connectivity index is 1.61. The maximum atomic E-state index is 12.3. The fourth-order valence-electron chi connectivity index (χ4n) is 2.62. The highest BCUT2D eigenvalue weighted by molar-refractivity contribution is 6.07. The summed E-state index contributed by atoms with van der Waals surface area (Å²) in [6.45, 7) is 1.28. The summed E-state index contributed by atoms with van der Waals surface area (Å²) in [5.74, 6) is 0.152. The molecule has 0 unspecified atom stereocenters. The van der Waals surface area contributed by atoms with Gasteiger partial charge in [-0.2, -0.15) is 0 Å². The number of para-hydroxylation sites is 1. The molecule has 1 heterocycles. The van der Waals surface area contributed by atoms with E-state index in [9.17, 15) is 14.9 Å². The molecule has 0 saturated carbocycles. The van der Waals surface area contributed by atoms with Gasteiger partial charge >= 0.3 is 0 Å². The van der Waals surface area contributed by atoms with E-state index < -0.39 is 10.8 Å². The number of carbonyl (C=O) groups excluding carboxylic acids is 1. The summed E-state index contributed by atoms with van der Waals surface area (Å²) in [7, 11) is 0. The van der Waals surface area contributed by atoms with Crippen LogP contribution in [0.25, 0.3) is 0 Å². The summed E-state index contributed by atoms with van der Waals surface area (Å²) < 4.78 is 11.2. The van der Waals surface area contributed by atoms with Crippen molar-refractivity contribution < 1.29 is 19.2 Å². The summed E-state index contributed by atoms with van der Waals surface area (Å²) >= 11 is 0. The van der Waals surface area contributed by atoms with Gasteiger partial charge in [-0.15, -0.1) is 0 Å². The van der Waals surface area contributed by atoms with Gasteiger partial charge < -0.3 is 14.8 Å². The molecule has 0 bridgehead atoms. The second-order valence-electron chi connectivity index (χ2n) is 5.70. The van der Waals surface area contributed by atoms with Gasteiger partial charge in [0.15, 0.2) is 0 Å². The molecule has 1 fully saturated rings. The minimum atomic E-state index is -0.572. The van der Waals surface area contributed by atoms with E-state index in [0.29, 0.717) is 18.0 Å². The van der Waals surface area contributed by atoms with Gasteiger partial charge in [0.05, 0.1) is 11.0 Å². The average Bonchev–Trinajstić information content (AvgIpc) is 3.14. The summed E-state index contributed by atoms with van der Waals surface area (Å²) in [5, 5.41) is 13.7. The first-order valence-corrected chi connectivity index (χ1v) is 8.03. The molecular weight excluding hydrogens is 324 g/mol. The van der Waals surface area contributed by atoms with Crippen LogP contribution in [0.4, 0.5) is 11.4 Å². The highest BCUT2D eigenvalue weighted by atomic mass is 16.6. The number of rotatable bonds is 6. The van der Waals surface area contributed by atoms with Crippen LogP contribution in [0.2, 0.25) is 0 Å². The second kappa shape index (κ2) is 7.76. The van der Waals surface area contributed by atoms with E-state index in [-0.39, 0.29) is 17.4 Å². The maximum Gasteiger partial charge on any atom is 0.282 e. The largest absolute Gasteiger partial charge is 0.491 e. The Morgan fingerprint density at radius 1 is 1.24 bits per heavy atom. The molecule has 0 radical (unpaired) electrons. The van der Waals surface area contributed by atoms with Crippen LogP contribution in [0.3, 0.4) is 0 Å². The van der Waals surface area contributed by atoms with Crippen molar-refractivity contribution in [3.8, 4) is 5.75 Å². The molecule has 0 aromatic heterocycles. The molecule has 1 aliphatic heterocycles. The van der Waals surface area contributed by atoms with E-state index in [1.54, 1.807) is 30.3 Å². The zero-order chi connectivity index (χ0) is 17.6. The van der Waals surface area contributed by atoms with Crippen LogP contribution >= 0.6 is 0 Å². The van der Waals surface area contributed by atoms with Gasteiger partial charge in [-0.1, -0.05) is 12.1 Å². The molecule has 1 aliphatic rings. The molecule has 2 aromatic carbocycles. The molecule has 25 heavy (non-hydrogen) atoms. The number of ether oxygens (including phenoxy) is 2. The summed E-state index contributed by atoms with van der Waals surface area (Å²) in [4.78, 5) is 22.7. The Morgan fingerprint density at radius 2 is 2.00 bits per heavy atom. The lowest BCUT2D eigenvalue weighted by Gasteiger charge is -2.12. The summed E-state index contributed by atoms with van der Waals surface area (Å²) in [5.41, 5.74) is 0.329. The normalized spacial score (nSPS) is 16.4. The lowest BCUT2D eigenvalue weighted by molar-refractivity contribution is -0.385. The zero-order valence-corrected chi connectivity index (χ0v) is 13.5. The van der Waals surface area contributed by atoms with Crippen molar-refractivity contribution in [3.63, 3.8) is 0 Å². The van der Waals surface area contributed by atoms with Crippen molar-refractivity contribution in [2.75, 3.05) is 18.5 Å². The molecule has 7 nitrogen and oxygen atoms in total. The van der Waals surface area contributed by atoms with Crippen LogP contribution < -0.4 is 10.1 Å². The minimum Gasteiger partial charge on any atom is -0.491 e. The van der Waals surface area contributed by atoms with Crippen LogP contribution in [0.5, 0.6) is 5.75 Å². The number of nitro groups is 1. The zero-order valence-electron chi connectivity index (χ0n) is 13.5. The van der Waals surface area contributed by atoms with Gasteiger partial charge in [0.25, 0.3) is 11.6 Å². The number of nitrogens with zero attached hydrogens (tertiary/aromatic N) is 1. The molecule has 2 aromatic rings. The number of benzene rings is 2. The molecule has 1 amide bonds. The first-order valence-electron chi connectivity index (χ1n) is 8.03. The smallest absolute Gasteiger partial charge is 0.282 e. The Bertz CT molecular complexity index is 754. The standard InChI is InChI=1S/C18H18N2O5/c21-18(16-5-1-2-6-17(16)20(22)23)19-13-7-9-14(10-8-13)25-12-15-4-3-11-24-15/h1-2,5-10,15H,3-4,11-12H2,(H,19,21)/t15-/m0/s1. The molecule has 7 heteroatoms. The number of anilines is 1. The van der Waals surface area contributed by atoms with E-state index in [4.69, 9.17) is 9.47 Å². The Labute approximate surface area is 144 Å².